The first kappa shape index (κ1) is 24.5. The summed E-state index contributed by atoms with van der Waals surface area (Å²) in [6, 6.07) is 8.75. The average Bonchev–Trinajstić information content (AvgIpc) is 3.59. The van der Waals surface area contributed by atoms with Crippen LogP contribution in [0.5, 0.6) is 0 Å². The van der Waals surface area contributed by atoms with Crippen LogP contribution in [0.15, 0.2) is 28.8 Å². The molecule has 2 bridgehead atoms. The van der Waals surface area contributed by atoms with Crippen molar-refractivity contribution in [2.75, 3.05) is 0 Å². The maximum Gasteiger partial charge on any atom is 0.318 e. The number of hydrogen-bond donors (Lipinski definition) is 2. The van der Waals surface area contributed by atoms with Gasteiger partial charge in [0.1, 0.15) is 11.5 Å². The van der Waals surface area contributed by atoms with Crippen molar-refractivity contribution in [2.45, 2.75) is 108 Å². The van der Waals surface area contributed by atoms with Crippen molar-refractivity contribution < 1.29 is 24.0 Å². The lowest BCUT2D eigenvalue weighted by atomic mass is 9.86. The van der Waals surface area contributed by atoms with Gasteiger partial charge in [0, 0.05) is 35.2 Å². The topological polar surface area (TPSA) is 105 Å². The van der Waals surface area contributed by atoms with E-state index >= 15 is 0 Å². The van der Waals surface area contributed by atoms with Crippen LogP contribution in [0.1, 0.15) is 87.0 Å². The molecule has 2 aromatic rings. The number of aryl methyl sites for hydroxylation is 1. The highest BCUT2D eigenvalue weighted by molar-refractivity contribution is 5.76. The minimum absolute atomic E-state index is 0.0154. The van der Waals surface area contributed by atoms with Crippen molar-refractivity contribution in [2.24, 2.45) is 5.92 Å². The van der Waals surface area contributed by atoms with Crippen molar-refractivity contribution in [1.82, 2.24) is 15.4 Å². The molecule has 2 N–H and O–H groups in total. The van der Waals surface area contributed by atoms with Gasteiger partial charge < -0.3 is 24.6 Å². The summed E-state index contributed by atoms with van der Waals surface area (Å²) in [6.45, 7) is 2.59. The van der Waals surface area contributed by atoms with Crippen LogP contribution in [0, 0.1) is 12.8 Å². The lowest BCUT2D eigenvalue weighted by molar-refractivity contribution is -0.142. The number of rotatable bonds is 7. The summed E-state index contributed by atoms with van der Waals surface area (Å²) in [5.74, 6) is 0.451. The Hall–Kier alpha value is -2.87. The molecule has 4 fully saturated rings. The molecule has 3 heterocycles. The summed E-state index contributed by atoms with van der Waals surface area (Å²) >= 11 is 0. The molecule has 8 heteroatoms. The highest BCUT2D eigenvalue weighted by Crippen LogP contribution is 2.45. The first-order chi connectivity index (χ1) is 18.0. The second-order valence-corrected chi connectivity index (χ2v) is 11.5. The van der Waals surface area contributed by atoms with Crippen LogP contribution in [-0.4, -0.2) is 51.4 Å². The van der Waals surface area contributed by atoms with Gasteiger partial charge in [0.2, 0.25) is 0 Å². The fourth-order valence-electron chi connectivity index (χ4n) is 6.71. The summed E-state index contributed by atoms with van der Waals surface area (Å²) in [5, 5.41) is 16.9. The fourth-order valence-corrected chi connectivity index (χ4v) is 6.71. The predicted molar refractivity (Wildman–Crippen MR) is 137 cm³/mol. The van der Waals surface area contributed by atoms with E-state index in [1.165, 1.54) is 5.56 Å². The molecule has 1 aromatic heterocycles. The number of aromatic nitrogens is 1. The summed E-state index contributed by atoms with van der Waals surface area (Å²) in [5.41, 5.74) is 4.26. The Kier molecular flexibility index (Phi) is 6.69. The van der Waals surface area contributed by atoms with E-state index in [2.05, 4.69) is 34.4 Å². The molecule has 4 aliphatic rings. The summed E-state index contributed by atoms with van der Waals surface area (Å²) in [4.78, 5) is 26.5. The Labute approximate surface area is 217 Å². The molecule has 2 saturated heterocycles. The number of carboxylic acids is 1. The first-order valence-corrected chi connectivity index (χ1v) is 14.0. The molecule has 2 amide bonds. The van der Waals surface area contributed by atoms with Crippen LogP contribution in [0.4, 0.5) is 4.79 Å². The van der Waals surface area contributed by atoms with Crippen LogP contribution in [0.25, 0.3) is 11.3 Å². The van der Waals surface area contributed by atoms with Gasteiger partial charge in [-0.05, 0) is 76.7 Å². The number of carbonyl (C=O) groups is 2. The predicted octanol–water partition coefficient (Wildman–Crippen LogP) is 5.39. The highest BCUT2D eigenvalue weighted by Gasteiger charge is 2.44. The largest absolute Gasteiger partial charge is 0.481 e. The summed E-state index contributed by atoms with van der Waals surface area (Å²) < 4.78 is 12.4. The van der Waals surface area contributed by atoms with E-state index < -0.39 is 5.97 Å². The number of aliphatic carboxylic acids is 1. The SMILES string of the molecule is Cc1ccccc1-c1noc(C2CC2)c1COC1CC2CCC(C1)N2C(=O)N[C@H]1CC[C@H](C(=O)O)CC1. The normalized spacial score (nSPS) is 29.3. The first-order valence-electron chi connectivity index (χ1n) is 14.0. The molecule has 198 valence electrons. The molecule has 0 radical (unpaired) electrons. The van der Waals surface area contributed by atoms with Gasteiger partial charge in [0.25, 0.3) is 0 Å². The van der Waals surface area contributed by atoms with E-state index in [0.29, 0.717) is 25.4 Å². The number of benzene rings is 1. The van der Waals surface area contributed by atoms with Crippen LogP contribution < -0.4 is 5.32 Å². The number of carbonyl (C=O) groups excluding carboxylic acids is 1. The fraction of sp³-hybridized carbons (Fsp3) is 0.621. The molecule has 6 rings (SSSR count). The van der Waals surface area contributed by atoms with Crippen molar-refractivity contribution in [3.8, 4) is 11.3 Å². The Balaban J connectivity index is 1.08. The Morgan fingerprint density at radius 1 is 1.05 bits per heavy atom. The number of piperidine rings is 1. The third kappa shape index (κ3) is 5.00. The Morgan fingerprint density at radius 2 is 1.76 bits per heavy atom. The molecule has 2 aliphatic carbocycles. The van der Waals surface area contributed by atoms with E-state index in [9.17, 15) is 14.7 Å². The third-order valence-electron chi connectivity index (χ3n) is 8.96. The van der Waals surface area contributed by atoms with E-state index in [1.807, 2.05) is 12.1 Å². The van der Waals surface area contributed by atoms with Crippen LogP contribution >= 0.6 is 0 Å². The summed E-state index contributed by atoms with van der Waals surface area (Å²) in [6.07, 6.45) is 8.87. The van der Waals surface area contributed by atoms with Gasteiger partial charge in [-0.3, -0.25) is 4.79 Å². The average molecular weight is 508 g/mol. The maximum absolute atomic E-state index is 13.2. The van der Waals surface area contributed by atoms with Crippen molar-refractivity contribution >= 4 is 12.0 Å². The smallest absolute Gasteiger partial charge is 0.318 e. The number of ether oxygens (including phenoxy) is 1. The number of urea groups is 1. The quantitative estimate of drug-likeness (QED) is 0.520. The molecule has 8 nitrogen and oxygen atoms in total. The lowest BCUT2D eigenvalue weighted by Gasteiger charge is -2.40. The number of hydrogen-bond acceptors (Lipinski definition) is 5. The van der Waals surface area contributed by atoms with E-state index in [0.717, 1.165) is 73.9 Å². The van der Waals surface area contributed by atoms with Gasteiger partial charge >= 0.3 is 12.0 Å². The minimum atomic E-state index is -0.716. The molecular weight excluding hydrogens is 470 g/mol. The molecule has 37 heavy (non-hydrogen) atoms. The zero-order valence-electron chi connectivity index (χ0n) is 21.5. The number of fused-ring (bicyclic) bond motifs is 2. The van der Waals surface area contributed by atoms with Gasteiger partial charge in [0.15, 0.2) is 0 Å². The number of nitrogens with one attached hydrogen (secondary N) is 1. The lowest BCUT2D eigenvalue weighted by Crippen LogP contribution is -2.54. The van der Waals surface area contributed by atoms with Crippen molar-refractivity contribution in [3.63, 3.8) is 0 Å². The monoisotopic (exact) mass is 507 g/mol. The molecule has 2 saturated carbocycles. The van der Waals surface area contributed by atoms with Gasteiger partial charge in [0.05, 0.1) is 18.6 Å². The molecule has 2 unspecified atom stereocenters. The second-order valence-electron chi connectivity index (χ2n) is 11.5. The van der Waals surface area contributed by atoms with Crippen LogP contribution in [-0.2, 0) is 16.1 Å². The zero-order valence-corrected chi connectivity index (χ0v) is 21.5. The minimum Gasteiger partial charge on any atom is -0.481 e. The molecule has 0 spiro atoms. The van der Waals surface area contributed by atoms with Gasteiger partial charge in [-0.2, -0.15) is 0 Å². The van der Waals surface area contributed by atoms with Crippen LogP contribution in [0.3, 0.4) is 0 Å². The maximum atomic E-state index is 13.2. The Morgan fingerprint density at radius 3 is 2.41 bits per heavy atom. The third-order valence-corrected chi connectivity index (χ3v) is 8.96. The molecule has 2 aliphatic heterocycles. The van der Waals surface area contributed by atoms with Crippen molar-refractivity contribution in [1.29, 1.82) is 0 Å². The molecule has 2 atom stereocenters. The number of nitrogens with zero attached hydrogens (tertiary/aromatic N) is 2. The number of amides is 2. The highest BCUT2D eigenvalue weighted by atomic mass is 16.5. The van der Waals surface area contributed by atoms with E-state index in [4.69, 9.17) is 9.26 Å². The Bertz CT molecular complexity index is 1140. The van der Waals surface area contributed by atoms with E-state index in [-0.39, 0.29) is 36.2 Å². The van der Waals surface area contributed by atoms with Gasteiger partial charge in [-0.15, -0.1) is 0 Å². The van der Waals surface area contributed by atoms with Gasteiger partial charge in [-0.1, -0.05) is 29.4 Å². The van der Waals surface area contributed by atoms with Crippen LogP contribution in [0.2, 0.25) is 0 Å². The number of carboxylic acid groups (broad SMARTS) is 1. The summed E-state index contributed by atoms with van der Waals surface area (Å²) in [7, 11) is 0. The standard InChI is InChI=1S/C29H37N3O5/c1-17-4-2-3-5-24(17)26-25(27(37-31-26)18-6-7-18)16-36-23-14-21-12-13-22(15-23)32(21)29(35)30-20-10-8-19(9-11-20)28(33)34/h2-5,18-23H,6-16H2,1H3,(H,30,35)(H,33,34)/t19-,20-,21?,22?,23?. The molecule has 1 aromatic carbocycles. The molecular formula is C29H37N3O5. The second kappa shape index (κ2) is 10.1. The zero-order chi connectivity index (χ0) is 25.5. The van der Waals surface area contributed by atoms with Gasteiger partial charge in [-0.25, -0.2) is 4.79 Å². The van der Waals surface area contributed by atoms with Crippen molar-refractivity contribution in [3.05, 3.63) is 41.2 Å². The van der Waals surface area contributed by atoms with E-state index in [1.54, 1.807) is 0 Å².